The maximum absolute atomic E-state index is 13.3. The number of fused-ring (bicyclic) bond motifs is 3. The highest BCUT2D eigenvalue weighted by Crippen LogP contribution is 2.22. The number of alkyl carbamates (subject to hydrolysis) is 3. The second kappa shape index (κ2) is 44.4. The van der Waals surface area contributed by atoms with Crippen molar-refractivity contribution < 1.29 is 76.6 Å². The third-order valence-corrected chi connectivity index (χ3v) is 14.6. The molecule has 22 nitrogen and oxygen atoms in total. The Morgan fingerprint density at radius 3 is 1.19 bits per heavy atom. The van der Waals surface area contributed by atoms with Crippen molar-refractivity contribution in [2.24, 2.45) is 0 Å². The zero-order valence-electron chi connectivity index (χ0n) is 62.3. The van der Waals surface area contributed by atoms with E-state index in [-0.39, 0.29) is 25.4 Å². The number of likely N-dealkylation sites (N-methyl/N-ethyl adjacent to an activating group) is 2. The molecule has 0 spiro atoms. The van der Waals surface area contributed by atoms with E-state index in [1.807, 2.05) is 177 Å². The number of hydrogen-bond donors (Lipinski definition) is 5. The summed E-state index contributed by atoms with van der Waals surface area (Å²) in [5, 5.41) is 26.5. The SMILES string of the molecule is CC(C)(C)OC(=O)NC(Cc1ccc2ccccc2c1)C(=O)O.CCOC(=O)Cl.CCOC(=O)OC(=O)[C@H](Cc1ccc2ccccc2c1)NC(=O)OC(C)(C)C.CN(Cc1ccccc1)C(=O)[C@H](Cc1ccc2ccccc2c1)NC(=O)OC(C)(C)C.CN1CCOCC1.CNCc1ccccc1. The van der Waals surface area contributed by atoms with Crippen LogP contribution in [-0.2, 0) is 79.9 Å². The number of benzene rings is 8. The minimum atomic E-state index is -1.11. The molecule has 560 valence electrons. The van der Waals surface area contributed by atoms with Crippen LogP contribution in [0.15, 0.2) is 188 Å². The van der Waals surface area contributed by atoms with Crippen molar-refractivity contribution in [2.45, 2.75) is 143 Å². The Labute approximate surface area is 616 Å². The van der Waals surface area contributed by atoms with E-state index in [0.717, 1.165) is 87.4 Å². The van der Waals surface area contributed by atoms with Crippen molar-refractivity contribution in [3.8, 4) is 0 Å². The summed E-state index contributed by atoms with van der Waals surface area (Å²) in [6, 6.07) is 58.5. The third-order valence-electron chi connectivity index (χ3n) is 14.5. The van der Waals surface area contributed by atoms with E-state index in [9.17, 15) is 43.5 Å². The maximum atomic E-state index is 13.3. The molecule has 8 aromatic carbocycles. The molecule has 0 radical (unpaired) electrons. The molecule has 1 aliphatic heterocycles. The molecule has 1 aliphatic rings. The van der Waals surface area contributed by atoms with Gasteiger partial charge in [-0.05, 0) is 150 Å². The molecule has 5 N–H and O–H groups in total. The number of hydrogen-bond acceptors (Lipinski definition) is 17. The van der Waals surface area contributed by atoms with Crippen LogP contribution in [0.4, 0.5) is 24.0 Å². The number of aliphatic carboxylic acids is 1. The normalized spacial score (nSPS) is 12.7. The number of morpholine rings is 1. The first-order valence-electron chi connectivity index (χ1n) is 34.3. The first-order chi connectivity index (χ1) is 49.2. The van der Waals surface area contributed by atoms with E-state index >= 15 is 0 Å². The summed E-state index contributed by atoms with van der Waals surface area (Å²) in [4.78, 5) is 98.4. The average Bonchev–Trinajstić information content (AvgIpc) is 0.843. The molecule has 4 amide bonds. The van der Waals surface area contributed by atoms with E-state index in [0.29, 0.717) is 19.6 Å². The van der Waals surface area contributed by atoms with Gasteiger partial charge in [0.15, 0.2) is 0 Å². The number of ether oxygens (including phenoxy) is 7. The largest absolute Gasteiger partial charge is 0.516 e. The van der Waals surface area contributed by atoms with Crippen LogP contribution in [0.2, 0.25) is 0 Å². The van der Waals surface area contributed by atoms with E-state index in [1.165, 1.54) is 5.56 Å². The van der Waals surface area contributed by atoms with E-state index in [1.54, 1.807) is 88.1 Å². The van der Waals surface area contributed by atoms with E-state index in [4.69, 9.17) is 30.5 Å². The van der Waals surface area contributed by atoms with Crippen LogP contribution < -0.4 is 21.3 Å². The van der Waals surface area contributed by atoms with Gasteiger partial charge < -0.3 is 69.3 Å². The Morgan fingerprint density at radius 2 is 0.846 bits per heavy atom. The third kappa shape index (κ3) is 35.7. The lowest BCUT2D eigenvalue weighted by Crippen LogP contribution is -2.49. The molecular weight excluding hydrogens is 1350 g/mol. The molecule has 9 rings (SSSR count). The number of amides is 4. The van der Waals surface area contributed by atoms with Gasteiger partial charge in [-0.1, -0.05) is 188 Å². The van der Waals surface area contributed by atoms with Crippen LogP contribution in [0, 0.1) is 0 Å². The minimum Gasteiger partial charge on any atom is -0.480 e. The molecular formula is C81H103ClN6O16. The predicted molar refractivity (Wildman–Crippen MR) is 406 cm³/mol. The molecule has 0 bridgehead atoms. The monoisotopic (exact) mass is 1450 g/mol. The summed E-state index contributed by atoms with van der Waals surface area (Å²) in [7, 11) is 5.81. The summed E-state index contributed by atoms with van der Waals surface area (Å²) in [6.07, 6.45) is -2.52. The molecule has 1 saturated heterocycles. The molecule has 0 saturated carbocycles. The first-order valence-corrected chi connectivity index (χ1v) is 34.7. The molecule has 0 aromatic heterocycles. The standard InChI is InChI=1S/C26H30N2O3.C21H25NO6.C18H21NO4.C8H11N.C5H11NO.C3H5ClO2/c1-26(2,3)31-25(30)27-23(24(29)28(4)18-19-10-6-5-7-11-19)17-20-14-15-21-12-8-9-13-22(21)16-20;1-5-26-20(25)27-18(23)17(22-19(24)28-21(2,3)4)13-14-10-11-15-8-6-7-9-16(15)12-14;1-18(2,3)23-17(22)19-15(16(20)21)11-12-8-9-13-6-4-5-7-14(13)10-12;1-9-7-8-5-3-2-4-6-8;1-6-2-4-7-5-3-6;1-2-6-3(4)5/h5-16,23H,17-18H2,1-4H3,(H,27,30);6-12,17H,5,13H2,1-4H3,(H,22,24);4-10,15H,11H2,1-3H3,(H,19,22)(H,20,21);2-6,9H,7H2,1H3;2-5H2,1H3;2H2,1H3/t23-;17-;;;;/m00..../s1. The van der Waals surface area contributed by atoms with Crippen LogP contribution in [0.5, 0.6) is 0 Å². The number of carboxylic acids is 1. The number of carboxylic acid groups (broad SMARTS) is 1. The van der Waals surface area contributed by atoms with Crippen molar-refractivity contribution in [1.82, 2.24) is 31.1 Å². The highest BCUT2D eigenvalue weighted by atomic mass is 35.5. The smallest absolute Gasteiger partial charge is 0.480 e. The predicted octanol–water partition coefficient (Wildman–Crippen LogP) is 15.0. The Balaban J connectivity index is 0.000000288. The number of carbonyl (C=O) groups excluding carboxylic acids is 7. The number of halogens is 1. The van der Waals surface area contributed by atoms with Crippen molar-refractivity contribution in [3.63, 3.8) is 0 Å². The fourth-order valence-electron chi connectivity index (χ4n) is 9.82. The van der Waals surface area contributed by atoms with Crippen molar-refractivity contribution in [2.75, 3.05) is 60.7 Å². The quantitative estimate of drug-likeness (QED) is 0.0231. The highest BCUT2D eigenvalue weighted by molar-refractivity contribution is 6.61. The number of nitrogens with one attached hydrogen (secondary N) is 4. The van der Waals surface area contributed by atoms with Crippen molar-refractivity contribution in [1.29, 1.82) is 0 Å². The van der Waals surface area contributed by atoms with E-state index in [2.05, 4.69) is 65.6 Å². The van der Waals surface area contributed by atoms with Gasteiger partial charge in [0.05, 0.1) is 26.4 Å². The Morgan fingerprint density at radius 1 is 0.490 bits per heavy atom. The second-order valence-corrected chi connectivity index (χ2v) is 27.3. The van der Waals surface area contributed by atoms with Gasteiger partial charge in [-0.15, -0.1) is 0 Å². The fraction of sp³-hybridized carbons (Fsp3) is 0.383. The van der Waals surface area contributed by atoms with Gasteiger partial charge in [-0.3, -0.25) is 4.79 Å². The number of nitrogens with zero attached hydrogens (tertiary/aromatic N) is 2. The lowest BCUT2D eigenvalue weighted by molar-refractivity contribution is -0.142. The Kier molecular flexibility index (Phi) is 36.8. The summed E-state index contributed by atoms with van der Waals surface area (Å²) < 4.78 is 34.3. The van der Waals surface area contributed by atoms with E-state index < -0.39 is 76.7 Å². The van der Waals surface area contributed by atoms with Crippen LogP contribution >= 0.6 is 11.6 Å². The van der Waals surface area contributed by atoms with Crippen LogP contribution in [-0.4, -0.2) is 158 Å². The molecule has 23 heteroatoms. The first kappa shape index (κ1) is 86.3. The molecule has 1 fully saturated rings. The highest BCUT2D eigenvalue weighted by Gasteiger charge is 2.30. The number of rotatable bonds is 18. The molecule has 3 atom stereocenters. The zero-order chi connectivity index (χ0) is 76.8. The second-order valence-electron chi connectivity index (χ2n) is 27.0. The van der Waals surface area contributed by atoms with Gasteiger partial charge in [0, 0.05) is 64.1 Å². The van der Waals surface area contributed by atoms with Crippen molar-refractivity contribution >= 4 is 91.6 Å². The minimum absolute atomic E-state index is 0.0704. The maximum Gasteiger partial charge on any atom is 0.516 e. The summed E-state index contributed by atoms with van der Waals surface area (Å²) >= 11 is 4.72. The van der Waals surface area contributed by atoms with Crippen LogP contribution in [0.3, 0.4) is 0 Å². The van der Waals surface area contributed by atoms with Crippen LogP contribution in [0.25, 0.3) is 32.3 Å². The summed E-state index contributed by atoms with van der Waals surface area (Å²) in [6.45, 7) is 24.9. The molecule has 0 aliphatic carbocycles. The Bertz CT molecular complexity index is 3980. The van der Waals surface area contributed by atoms with Gasteiger partial charge in [0.25, 0.3) is 0 Å². The Hall–Kier alpha value is -10.1. The fourth-order valence-corrected chi connectivity index (χ4v) is 9.93. The lowest BCUT2D eigenvalue weighted by Gasteiger charge is -2.27. The van der Waals surface area contributed by atoms with Crippen molar-refractivity contribution in [3.05, 3.63) is 216 Å². The van der Waals surface area contributed by atoms with Crippen LogP contribution in [0.1, 0.15) is 104 Å². The average molecular weight is 1450 g/mol. The number of esters is 1. The van der Waals surface area contributed by atoms with Gasteiger partial charge in [0.2, 0.25) is 5.91 Å². The topological polar surface area (TPSA) is 276 Å². The van der Waals surface area contributed by atoms with Gasteiger partial charge in [0.1, 0.15) is 34.9 Å². The molecule has 1 heterocycles. The lowest BCUT2D eigenvalue weighted by atomic mass is 10.0. The molecule has 1 unspecified atom stereocenters. The summed E-state index contributed by atoms with van der Waals surface area (Å²) in [5.41, 5.74) is 2.18. The summed E-state index contributed by atoms with van der Waals surface area (Å²) in [5.74, 6) is -2.18. The van der Waals surface area contributed by atoms with Gasteiger partial charge in [-0.2, -0.15) is 0 Å². The number of carbonyl (C=O) groups is 8. The molecule has 8 aromatic rings. The van der Waals surface area contributed by atoms with Gasteiger partial charge in [-0.25, -0.2) is 33.6 Å². The van der Waals surface area contributed by atoms with Gasteiger partial charge >= 0.3 is 41.8 Å². The molecule has 104 heavy (non-hydrogen) atoms. The zero-order valence-corrected chi connectivity index (χ0v) is 63.0.